The molecule has 2 atom stereocenters. The van der Waals surface area contributed by atoms with Crippen LogP contribution >= 0.6 is 0 Å². The van der Waals surface area contributed by atoms with Crippen LogP contribution in [0.3, 0.4) is 0 Å². The largest absolute Gasteiger partial charge is 1.00 e. The molecule has 0 aliphatic rings. The molecule has 2 N–H and O–H groups in total. The molecule has 0 aromatic carbocycles. The molecular weight excluding hydrogens is 234 g/mol. The van der Waals surface area contributed by atoms with Crippen LogP contribution in [0.15, 0.2) is 0 Å². The Balaban J connectivity index is -0.0000000675. The van der Waals surface area contributed by atoms with E-state index in [-0.39, 0.29) is 62.0 Å². The van der Waals surface area contributed by atoms with Gasteiger partial charge in [0, 0.05) is 0 Å². The quantitative estimate of drug-likeness (QED) is 0.363. The van der Waals surface area contributed by atoms with Gasteiger partial charge in [-0.15, -0.1) is 0 Å². The zero-order valence-electron chi connectivity index (χ0n) is 8.25. The van der Waals surface area contributed by atoms with Crippen molar-refractivity contribution < 1.29 is 92.7 Å². The second-order valence-corrected chi connectivity index (χ2v) is 2.05. The predicted octanol–water partition coefficient (Wildman–Crippen LogP) is -6.35. The van der Waals surface area contributed by atoms with Gasteiger partial charge in [-0.3, -0.25) is 9.11 Å². The van der Waals surface area contributed by atoms with E-state index in [0.717, 1.165) is 0 Å². The molecule has 0 saturated heterocycles. The van der Waals surface area contributed by atoms with Crippen LogP contribution < -0.4 is 59.1 Å². The van der Waals surface area contributed by atoms with Crippen LogP contribution in [0.25, 0.3) is 0 Å². The maximum atomic E-state index is 9.91. The van der Waals surface area contributed by atoms with E-state index >= 15 is 0 Å². The Morgan fingerprint density at radius 2 is 1.33 bits per heavy atom. The number of hydrogen-bond donors (Lipinski definition) is 2. The fourth-order valence-electron chi connectivity index (χ4n) is 0.130. The van der Waals surface area contributed by atoms with Crippen LogP contribution in [-0.2, 0) is 31.1 Å². The van der Waals surface area contributed by atoms with Crippen LogP contribution in [0.1, 0.15) is 2.85 Å². The minimum absolute atomic E-state index is 0. The number of rotatable bonds is 2. The third kappa shape index (κ3) is 14.0. The van der Waals surface area contributed by atoms with Crippen molar-refractivity contribution in [2.75, 3.05) is 0 Å². The molecule has 0 aliphatic heterocycles. The molecular formula is CH4Na2O7S2. The molecule has 0 radical (unpaired) electrons. The van der Waals surface area contributed by atoms with E-state index in [1.807, 2.05) is 0 Å². The van der Waals surface area contributed by atoms with E-state index in [4.69, 9.17) is 9.11 Å². The molecule has 2 unspecified atom stereocenters. The van der Waals surface area contributed by atoms with Crippen molar-refractivity contribution in [1.82, 2.24) is 0 Å². The summed E-state index contributed by atoms with van der Waals surface area (Å²) >= 11 is -5.66. The van der Waals surface area contributed by atoms with Crippen molar-refractivity contribution in [3.8, 4) is 0 Å². The summed E-state index contributed by atoms with van der Waals surface area (Å²) in [5.41, 5.74) is 0. The van der Waals surface area contributed by atoms with E-state index < -0.39 is 28.9 Å². The molecule has 0 fully saturated rings. The van der Waals surface area contributed by atoms with Crippen LogP contribution in [0, 0.1) is 0 Å². The fourth-order valence-corrected chi connectivity index (χ4v) is 0.474. The molecule has 11 heteroatoms. The summed E-state index contributed by atoms with van der Waals surface area (Å²) in [5.74, 6) is 0. The van der Waals surface area contributed by atoms with Gasteiger partial charge in [0.05, 0.1) is 0 Å². The van der Waals surface area contributed by atoms with E-state index in [1.54, 1.807) is 0 Å². The first-order valence-electron chi connectivity index (χ1n) is 1.64. The van der Waals surface area contributed by atoms with Crippen LogP contribution in [-0.4, -0.2) is 23.7 Å². The molecule has 0 aromatic heterocycles. The van der Waals surface area contributed by atoms with Gasteiger partial charge in [0.2, 0.25) is 0 Å². The van der Waals surface area contributed by atoms with Gasteiger partial charge in [-0.2, -0.15) is 8.42 Å². The Morgan fingerprint density at radius 1 is 1.08 bits per heavy atom. The van der Waals surface area contributed by atoms with E-state index in [2.05, 4.69) is 8.37 Å². The molecule has 0 rings (SSSR count). The first-order chi connectivity index (χ1) is 4.52. The van der Waals surface area contributed by atoms with Crippen LogP contribution in [0.2, 0.25) is 0 Å². The summed E-state index contributed by atoms with van der Waals surface area (Å²) in [5, 5.41) is 0. The predicted molar refractivity (Wildman–Crippen MR) is 31.3 cm³/mol. The Labute approximate surface area is 120 Å². The monoisotopic (exact) mass is 238 g/mol. The van der Waals surface area contributed by atoms with Crippen molar-refractivity contribution in [2.24, 2.45) is 0 Å². The summed E-state index contributed by atoms with van der Waals surface area (Å²) in [7, 11) is 0. The summed E-state index contributed by atoms with van der Waals surface area (Å²) in [4.78, 5) is 9.91. The van der Waals surface area contributed by atoms with Crippen LogP contribution in [0.5, 0.6) is 0 Å². The first-order valence-corrected chi connectivity index (χ1v) is 3.71. The summed E-state index contributed by atoms with van der Waals surface area (Å²) in [6.45, 7) is 0. The van der Waals surface area contributed by atoms with Gasteiger partial charge in [-0.05, 0) is 0 Å². The number of carbonyl (C=O) groups excluding carboxylic acids is 1. The molecule has 0 amide bonds. The fraction of sp³-hybridized carbons (Fsp3) is 0. The molecule has 0 heterocycles. The molecule has 0 spiro atoms. The number of carbonyl (C=O) groups is 1. The van der Waals surface area contributed by atoms with Gasteiger partial charge in [-0.1, -0.05) is 0 Å². The Morgan fingerprint density at radius 3 is 1.50 bits per heavy atom. The number of hydrogen-bond acceptors (Lipinski definition) is 5. The Kier molecular flexibility index (Phi) is 16.8. The first kappa shape index (κ1) is 19.1. The van der Waals surface area contributed by atoms with E-state index in [9.17, 15) is 13.2 Å². The van der Waals surface area contributed by atoms with Crippen molar-refractivity contribution in [3.63, 3.8) is 0 Å². The second kappa shape index (κ2) is 10.6. The molecule has 64 valence electrons. The van der Waals surface area contributed by atoms with Gasteiger partial charge in [0.15, 0.2) is 0 Å². The standard InChI is InChI=1S/CH2O7S2.2Na.2H/c2-1(7-9(3)4)8-10(5)6;;;;/h(H,3,4)(H,5,6);;;;/q;2*+1;2*-1. The zero-order chi connectivity index (χ0) is 8.15. The van der Waals surface area contributed by atoms with Gasteiger partial charge < -0.3 is 11.2 Å². The van der Waals surface area contributed by atoms with Crippen molar-refractivity contribution >= 4 is 28.9 Å². The minimum atomic E-state index is -2.83. The van der Waals surface area contributed by atoms with Gasteiger partial charge in [-0.25, -0.2) is 4.79 Å². The smallest absolute Gasteiger partial charge is 1.00 e. The summed E-state index contributed by atoms with van der Waals surface area (Å²) < 4.78 is 41.6. The average molecular weight is 238 g/mol. The topological polar surface area (TPSA) is 110 Å². The van der Waals surface area contributed by atoms with Crippen molar-refractivity contribution in [2.45, 2.75) is 0 Å². The van der Waals surface area contributed by atoms with E-state index in [1.165, 1.54) is 0 Å². The minimum Gasteiger partial charge on any atom is -1.00 e. The third-order valence-electron chi connectivity index (χ3n) is 0.279. The molecule has 0 aliphatic carbocycles. The third-order valence-corrected chi connectivity index (χ3v) is 0.836. The average Bonchev–Trinajstić information content (AvgIpc) is 1.58. The maximum Gasteiger partial charge on any atom is 1.00 e. The summed E-state index contributed by atoms with van der Waals surface area (Å²) in [6, 6.07) is 0. The van der Waals surface area contributed by atoms with Gasteiger partial charge >= 0.3 is 88.0 Å². The van der Waals surface area contributed by atoms with E-state index in [0.29, 0.717) is 0 Å². The molecule has 12 heavy (non-hydrogen) atoms. The van der Waals surface area contributed by atoms with Gasteiger partial charge in [0.25, 0.3) is 0 Å². The molecule has 0 saturated carbocycles. The zero-order valence-corrected chi connectivity index (χ0v) is 11.9. The normalized spacial score (nSPS) is 12.8. The maximum absolute atomic E-state index is 9.91. The molecule has 7 nitrogen and oxygen atoms in total. The SMILES string of the molecule is O=C(OS(=O)O)OS(=O)O.[H-].[H-].[Na+].[Na+]. The van der Waals surface area contributed by atoms with Crippen LogP contribution in [0.4, 0.5) is 4.79 Å². The van der Waals surface area contributed by atoms with Gasteiger partial charge in [0.1, 0.15) is 0 Å². The molecule has 0 aromatic rings. The van der Waals surface area contributed by atoms with Crippen molar-refractivity contribution in [3.05, 3.63) is 0 Å². The van der Waals surface area contributed by atoms with Crippen molar-refractivity contribution in [1.29, 1.82) is 0 Å². The Bertz CT molecular complexity index is 171. The Hall–Kier alpha value is 1.49. The second-order valence-electron chi connectivity index (χ2n) is 0.851. The summed E-state index contributed by atoms with van der Waals surface area (Å²) in [6.07, 6.45) is -1.69. The molecule has 0 bridgehead atoms.